The fourth-order valence-electron chi connectivity index (χ4n) is 2.29. The Kier molecular flexibility index (Phi) is 4.97. The molecule has 0 saturated heterocycles. The molecule has 0 heterocycles. The SMILES string of the molecule is CCc1cc(Cl)ccc1S(=O)(=O)c1ccc(Cl)cc1CC. The minimum Gasteiger partial charge on any atom is -0.218 e. The minimum atomic E-state index is -3.58. The Balaban J connectivity index is 2.68. The molecule has 2 rings (SSSR count). The highest BCUT2D eigenvalue weighted by molar-refractivity contribution is 7.91. The second-order valence-electron chi connectivity index (χ2n) is 4.71. The van der Waals surface area contributed by atoms with Crippen LogP contribution in [0.25, 0.3) is 0 Å². The van der Waals surface area contributed by atoms with E-state index in [9.17, 15) is 8.42 Å². The molecular weight excluding hydrogens is 327 g/mol. The lowest BCUT2D eigenvalue weighted by molar-refractivity contribution is 0.594. The molecule has 0 saturated carbocycles. The van der Waals surface area contributed by atoms with Crippen LogP contribution in [0.15, 0.2) is 46.2 Å². The number of sulfone groups is 1. The lowest BCUT2D eigenvalue weighted by Gasteiger charge is -2.13. The standard InChI is InChI=1S/C16H16Cl2O2S/c1-3-11-9-13(17)5-7-15(11)21(19,20)16-8-6-14(18)10-12(16)4-2/h5-10H,3-4H2,1-2H3. The zero-order valence-electron chi connectivity index (χ0n) is 11.9. The normalized spacial score (nSPS) is 11.6. The van der Waals surface area contributed by atoms with Gasteiger partial charge in [0.1, 0.15) is 0 Å². The molecule has 0 aromatic heterocycles. The van der Waals surface area contributed by atoms with Crippen LogP contribution in [0.4, 0.5) is 0 Å². The summed E-state index contributed by atoms with van der Waals surface area (Å²) >= 11 is 11.9. The van der Waals surface area contributed by atoms with E-state index >= 15 is 0 Å². The third-order valence-corrected chi connectivity index (χ3v) is 5.81. The molecule has 5 heteroatoms. The number of aryl methyl sites for hydroxylation is 2. The van der Waals surface area contributed by atoms with Gasteiger partial charge in [0.25, 0.3) is 0 Å². The average Bonchev–Trinajstić information content (AvgIpc) is 2.46. The Bertz CT molecular complexity index is 708. The number of benzene rings is 2. The van der Waals surface area contributed by atoms with E-state index in [4.69, 9.17) is 23.2 Å². The molecule has 0 unspecified atom stereocenters. The Hall–Kier alpha value is -1.03. The maximum Gasteiger partial charge on any atom is 0.207 e. The van der Waals surface area contributed by atoms with Crippen molar-refractivity contribution in [1.82, 2.24) is 0 Å². The van der Waals surface area contributed by atoms with Crippen LogP contribution in [0.5, 0.6) is 0 Å². The van der Waals surface area contributed by atoms with Crippen LogP contribution in [0, 0.1) is 0 Å². The van der Waals surface area contributed by atoms with Gasteiger partial charge in [-0.2, -0.15) is 0 Å². The van der Waals surface area contributed by atoms with E-state index in [0.717, 1.165) is 11.1 Å². The minimum absolute atomic E-state index is 0.312. The summed E-state index contributed by atoms with van der Waals surface area (Å²) < 4.78 is 25.9. The molecule has 0 fully saturated rings. The van der Waals surface area contributed by atoms with Gasteiger partial charge in [0.15, 0.2) is 0 Å². The van der Waals surface area contributed by atoms with Gasteiger partial charge in [0, 0.05) is 10.0 Å². The largest absolute Gasteiger partial charge is 0.218 e. The van der Waals surface area contributed by atoms with Gasteiger partial charge in [-0.05, 0) is 60.4 Å². The maximum absolute atomic E-state index is 12.9. The van der Waals surface area contributed by atoms with Crippen LogP contribution in [-0.4, -0.2) is 8.42 Å². The number of rotatable bonds is 4. The van der Waals surface area contributed by atoms with E-state index in [2.05, 4.69) is 0 Å². The van der Waals surface area contributed by atoms with Gasteiger partial charge in [0.2, 0.25) is 9.84 Å². The second kappa shape index (κ2) is 6.39. The number of hydrogen-bond donors (Lipinski definition) is 0. The van der Waals surface area contributed by atoms with Gasteiger partial charge in [-0.25, -0.2) is 8.42 Å². The van der Waals surface area contributed by atoms with Gasteiger partial charge >= 0.3 is 0 Å². The van der Waals surface area contributed by atoms with Crippen molar-refractivity contribution in [1.29, 1.82) is 0 Å². The smallest absolute Gasteiger partial charge is 0.207 e. The number of hydrogen-bond acceptors (Lipinski definition) is 2. The Labute approximate surface area is 135 Å². The van der Waals surface area contributed by atoms with E-state index in [1.807, 2.05) is 13.8 Å². The van der Waals surface area contributed by atoms with Crippen molar-refractivity contribution in [2.75, 3.05) is 0 Å². The molecule has 0 aliphatic heterocycles. The number of halogens is 2. The van der Waals surface area contributed by atoms with Crippen molar-refractivity contribution in [2.24, 2.45) is 0 Å². The van der Waals surface area contributed by atoms with E-state index in [-0.39, 0.29) is 0 Å². The predicted molar refractivity (Wildman–Crippen MR) is 87.1 cm³/mol. The quantitative estimate of drug-likeness (QED) is 0.787. The van der Waals surface area contributed by atoms with Crippen LogP contribution in [0.3, 0.4) is 0 Å². The van der Waals surface area contributed by atoms with Crippen molar-refractivity contribution in [3.8, 4) is 0 Å². The molecule has 0 N–H and O–H groups in total. The van der Waals surface area contributed by atoms with Gasteiger partial charge < -0.3 is 0 Å². The van der Waals surface area contributed by atoms with Crippen LogP contribution < -0.4 is 0 Å². The second-order valence-corrected chi connectivity index (χ2v) is 7.47. The molecule has 0 aliphatic carbocycles. The fourth-order valence-corrected chi connectivity index (χ4v) is 4.51. The molecule has 21 heavy (non-hydrogen) atoms. The van der Waals surface area contributed by atoms with Gasteiger partial charge in [0.05, 0.1) is 9.79 Å². The first-order valence-corrected chi connectivity index (χ1v) is 8.96. The first kappa shape index (κ1) is 16.3. The molecule has 2 aromatic rings. The van der Waals surface area contributed by atoms with Crippen molar-refractivity contribution in [2.45, 2.75) is 36.5 Å². The average molecular weight is 343 g/mol. The highest BCUT2D eigenvalue weighted by Crippen LogP contribution is 2.30. The van der Waals surface area contributed by atoms with E-state index in [1.165, 1.54) is 0 Å². The molecule has 0 amide bonds. The molecule has 0 radical (unpaired) electrons. The van der Waals surface area contributed by atoms with Gasteiger partial charge in [-0.1, -0.05) is 37.0 Å². The van der Waals surface area contributed by atoms with Crippen LogP contribution >= 0.6 is 23.2 Å². The lowest BCUT2D eigenvalue weighted by Crippen LogP contribution is -2.08. The first-order chi connectivity index (χ1) is 9.90. The summed E-state index contributed by atoms with van der Waals surface area (Å²) in [7, 11) is -3.58. The van der Waals surface area contributed by atoms with Crippen molar-refractivity contribution in [3.05, 3.63) is 57.6 Å². The summed E-state index contributed by atoms with van der Waals surface area (Å²) in [6, 6.07) is 9.77. The Morgan fingerprint density at radius 1 is 0.810 bits per heavy atom. The summed E-state index contributed by atoms with van der Waals surface area (Å²) in [6.45, 7) is 3.82. The summed E-state index contributed by atoms with van der Waals surface area (Å²) in [4.78, 5) is 0.623. The van der Waals surface area contributed by atoms with Crippen LogP contribution in [0.1, 0.15) is 25.0 Å². The molecule has 0 atom stereocenters. The van der Waals surface area contributed by atoms with Crippen molar-refractivity contribution in [3.63, 3.8) is 0 Å². The molecule has 0 spiro atoms. The molecule has 0 aliphatic rings. The molecule has 112 valence electrons. The molecule has 2 nitrogen and oxygen atoms in total. The van der Waals surface area contributed by atoms with E-state index in [0.29, 0.717) is 32.7 Å². The van der Waals surface area contributed by atoms with E-state index < -0.39 is 9.84 Å². The predicted octanol–water partition coefficient (Wildman–Crippen LogP) is 4.95. The summed E-state index contributed by atoms with van der Waals surface area (Å²) in [6.07, 6.45) is 1.20. The third kappa shape index (κ3) is 3.25. The monoisotopic (exact) mass is 342 g/mol. The third-order valence-electron chi connectivity index (χ3n) is 3.39. The van der Waals surface area contributed by atoms with Crippen molar-refractivity contribution < 1.29 is 8.42 Å². The van der Waals surface area contributed by atoms with Crippen LogP contribution in [-0.2, 0) is 22.7 Å². The lowest BCUT2D eigenvalue weighted by atomic mass is 10.2. The zero-order chi connectivity index (χ0) is 15.6. The Morgan fingerprint density at radius 3 is 1.52 bits per heavy atom. The van der Waals surface area contributed by atoms with Gasteiger partial charge in [-0.15, -0.1) is 0 Å². The van der Waals surface area contributed by atoms with E-state index in [1.54, 1.807) is 36.4 Å². The maximum atomic E-state index is 12.9. The summed E-state index contributed by atoms with van der Waals surface area (Å²) in [5.41, 5.74) is 1.44. The molecule has 0 bridgehead atoms. The highest BCUT2D eigenvalue weighted by Gasteiger charge is 2.23. The van der Waals surface area contributed by atoms with Crippen molar-refractivity contribution >= 4 is 33.0 Å². The summed E-state index contributed by atoms with van der Waals surface area (Å²) in [5, 5.41) is 1.08. The highest BCUT2D eigenvalue weighted by atomic mass is 35.5. The first-order valence-electron chi connectivity index (χ1n) is 6.72. The van der Waals surface area contributed by atoms with Crippen LogP contribution in [0.2, 0.25) is 10.0 Å². The summed E-state index contributed by atoms with van der Waals surface area (Å²) in [5.74, 6) is 0. The topological polar surface area (TPSA) is 34.1 Å². The molecule has 2 aromatic carbocycles. The molecular formula is C16H16Cl2O2S. The zero-order valence-corrected chi connectivity index (χ0v) is 14.2. The van der Waals surface area contributed by atoms with Gasteiger partial charge in [-0.3, -0.25) is 0 Å². The Morgan fingerprint density at radius 2 is 1.19 bits per heavy atom. The fraction of sp³-hybridized carbons (Fsp3) is 0.250.